The average molecular weight is 220 g/mol. The first kappa shape index (κ1) is 10.3. The van der Waals surface area contributed by atoms with E-state index in [9.17, 15) is 8.42 Å². The molecule has 0 aromatic rings. The molecule has 0 aliphatic carbocycles. The van der Waals surface area contributed by atoms with Crippen LogP contribution < -0.4 is 15.4 Å². The van der Waals surface area contributed by atoms with Crippen LogP contribution >= 0.6 is 0 Å². The van der Waals surface area contributed by atoms with Crippen molar-refractivity contribution in [1.82, 2.24) is 19.7 Å². The first-order valence-corrected chi connectivity index (χ1v) is 6.31. The standard InChI is InChI=1S/C7H16N4O2S/c12-14(13,10-7-5-9-6-7)11-3-1-8-2-4-11/h7-10H,1-6H2. The number of nitrogens with one attached hydrogen (secondary N) is 3. The molecule has 0 aromatic carbocycles. The van der Waals surface area contributed by atoms with E-state index in [-0.39, 0.29) is 6.04 Å². The van der Waals surface area contributed by atoms with Gasteiger partial charge in [0.15, 0.2) is 0 Å². The molecule has 2 heterocycles. The zero-order valence-electron chi connectivity index (χ0n) is 7.99. The quantitative estimate of drug-likeness (QED) is 0.500. The maximum atomic E-state index is 11.7. The van der Waals surface area contributed by atoms with E-state index in [2.05, 4.69) is 15.4 Å². The monoisotopic (exact) mass is 220 g/mol. The summed E-state index contributed by atoms with van der Waals surface area (Å²) in [7, 11) is -3.24. The van der Waals surface area contributed by atoms with Crippen molar-refractivity contribution < 1.29 is 8.42 Å². The van der Waals surface area contributed by atoms with Crippen LogP contribution in [0, 0.1) is 0 Å². The zero-order chi connectivity index (χ0) is 10.0. The maximum absolute atomic E-state index is 11.7. The molecular weight excluding hydrogens is 204 g/mol. The van der Waals surface area contributed by atoms with Crippen molar-refractivity contribution in [1.29, 1.82) is 0 Å². The minimum Gasteiger partial charge on any atom is -0.314 e. The Bertz CT molecular complexity index is 282. The third-order valence-electron chi connectivity index (χ3n) is 2.51. The second-order valence-corrected chi connectivity index (χ2v) is 5.33. The molecule has 2 saturated heterocycles. The Hall–Kier alpha value is -0.210. The summed E-state index contributed by atoms with van der Waals surface area (Å²) in [6.45, 7) is 4.09. The van der Waals surface area contributed by atoms with Gasteiger partial charge in [-0.25, -0.2) is 0 Å². The van der Waals surface area contributed by atoms with Crippen LogP contribution in [0.1, 0.15) is 0 Å². The molecule has 0 bridgehead atoms. The molecule has 14 heavy (non-hydrogen) atoms. The molecule has 2 aliphatic rings. The fraction of sp³-hybridized carbons (Fsp3) is 1.00. The van der Waals surface area contributed by atoms with E-state index < -0.39 is 10.2 Å². The largest absolute Gasteiger partial charge is 0.314 e. The molecule has 0 radical (unpaired) electrons. The first-order valence-electron chi connectivity index (χ1n) is 4.87. The lowest BCUT2D eigenvalue weighted by molar-refractivity contribution is 0.338. The van der Waals surface area contributed by atoms with Crippen molar-refractivity contribution in [3.8, 4) is 0 Å². The molecular formula is C7H16N4O2S. The van der Waals surface area contributed by atoms with Gasteiger partial charge >= 0.3 is 0 Å². The highest BCUT2D eigenvalue weighted by Crippen LogP contribution is 2.02. The molecule has 82 valence electrons. The van der Waals surface area contributed by atoms with Gasteiger partial charge in [0.1, 0.15) is 0 Å². The predicted molar refractivity (Wildman–Crippen MR) is 53.2 cm³/mol. The topological polar surface area (TPSA) is 73.5 Å². The number of hydrogen-bond acceptors (Lipinski definition) is 4. The van der Waals surface area contributed by atoms with Gasteiger partial charge in [-0.15, -0.1) is 0 Å². The number of hydrogen-bond donors (Lipinski definition) is 3. The summed E-state index contributed by atoms with van der Waals surface area (Å²) < 4.78 is 27.7. The van der Waals surface area contributed by atoms with Gasteiger partial charge in [-0.1, -0.05) is 0 Å². The Morgan fingerprint density at radius 3 is 2.29 bits per heavy atom. The molecule has 2 aliphatic heterocycles. The molecule has 0 aromatic heterocycles. The predicted octanol–water partition coefficient (Wildman–Crippen LogP) is -2.30. The SMILES string of the molecule is O=S(=O)(NC1CNC1)N1CCNCC1. The molecule has 2 rings (SSSR count). The molecule has 0 unspecified atom stereocenters. The van der Waals surface area contributed by atoms with Crippen molar-refractivity contribution in [2.24, 2.45) is 0 Å². The molecule has 0 amide bonds. The van der Waals surface area contributed by atoms with Crippen molar-refractivity contribution in [2.45, 2.75) is 6.04 Å². The third kappa shape index (κ3) is 2.23. The Morgan fingerprint density at radius 2 is 1.79 bits per heavy atom. The molecule has 0 saturated carbocycles. The number of rotatable bonds is 3. The summed E-state index contributed by atoms with van der Waals surface area (Å²) in [5.74, 6) is 0. The molecule has 2 fully saturated rings. The van der Waals surface area contributed by atoms with Crippen LogP contribution in [0.5, 0.6) is 0 Å². The lowest BCUT2D eigenvalue weighted by Gasteiger charge is -2.32. The van der Waals surface area contributed by atoms with Crippen LogP contribution in [0.15, 0.2) is 0 Å². The van der Waals surface area contributed by atoms with E-state index >= 15 is 0 Å². The highest BCUT2D eigenvalue weighted by molar-refractivity contribution is 7.87. The van der Waals surface area contributed by atoms with E-state index in [0.29, 0.717) is 13.1 Å². The lowest BCUT2D eigenvalue weighted by Crippen LogP contribution is -2.60. The second-order valence-electron chi connectivity index (χ2n) is 3.63. The van der Waals surface area contributed by atoms with Gasteiger partial charge in [0.25, 0.3) is 10.2 Å². The molecule has 3 N–H and O–H groups in total. The minimum absolute atomic E-state index is 0.0786. The second kappa shape index (κ2) is 4.11. The maximum Gasteiger partial charge on any atom is 0.279 e. The van der Waals surface area contributed by atoms with Gasteiger partial charge in [-0.3, -0.25) is 0 Å². The minimum atomic E-state index is -3.24. The van der Waals surface area contributed by atoms with E-state index in [1.807, 2.05) is 0 Å². The zero-order valence-corrected chi connectivity index (χ0v) is 8.81. The highest BCUT2D eigenvalue weighted by atomic mass is 32.2. The van der Waals surface area contributed by atoms with E-state index in [4.69, 9.17) is 0 Å². The van der Waals surface area contributed by atoms with Crippen LogP contribution in [0.25, 0.3) is 0 Å². The Morgan fingerprint density at radius 1 is 1.14 bits per heavy atom. The fourth-order valence-electron chi connectivity index (χ4n) is 1.54. The van der Waals surface area contributed by atoms with Crippen LogP contribution in [-0.2, 0) is 10.2 Å². The van der Waals surface area contributed by atoms with E-state index in [0.717, 1.165) is 26.2 Å². The van der Waals surface area contributed by atoms with Gasteiger partial charge in [0.05, 0.1) is 0 Å². The van der Waals surface area contributed by atoms with Crippen molar-refractivity contribution >= 4 is 10.2 Å². The summed E-state index contributed by atoms with van der Waals surface area (Å²) in [4.78, 5) is 0. The Balaban J connectivity index is 1.91. The van der Waals surface area contributed by atoms with Gasteiger partial charge in [-0.2, -0.15) is 17.4 Å². The molecule has 7 heteroatoms. The molecule has 0 atom stereocenters. The molecule has 0 spiro atoms. The Kier molecular flexibility index (Phi) is 3.03. The highest BCUT2D eigenvalue weighted by Gasteiger charge is 2.28. The Labute approximate surface area is 84.2 Å². The number of piperazine rings is 1. The van der Waals surface area contributed by atoms with Crippen molar-refractivity contribution in [3.05, 3.63) is 0 Å². The van der Waals surface area contributed by atoms with Gasteiger partial charge in [0, 0.05) is 45.3 Å². The summed E-state index contributed by atoms with van der Waals surface area (Å²) in [5.41, 5.74) is 0. The van der Waals surface area contributed by atoms with E-state index in [1.54, 1.807) is 0 Å². The smallest absolute Gasteiger partial charge is 0.279 e. The first-order chi connectivity index (χ1) is 6.68. The summed E-state index contributed by atoms with van der Waals surface area (Å²) in [6, 6.07) is 0.0786. The summed E-state index contributed by atoms with van der Waals surface area (Å²) in [6.07, 6.45) is 0. The normalized spacial score (nSPS) is 26.0. The molecule has 6 nitrogen and oxygen atoms in total. The van der Waals surface area contributed by atoms with Gasteiger partial charge in [0.2, 0.25) is 0 Å². The third-order valence-corrected chi connectivity index (χ3v) is 4.19. The lowest BCUT2D eigenvalue weighted by atomic mass is 10.2. The van der Waals surface area contributed by atoms with E-state index in [1.165, 1.54) is 4.31 Å². The van der Waals surface area contributed by atoms with Crippen molar-refractivity contribution in [3.63, 3.8) is 0 Å². The van der Waals surface area contributed by atoms with Gasteiger partial charge < -0.3 is 10.6 Å². The van der Waals surface area contributed by atoms with Crippen LogP contribution in [-0.4, -0.2) is 58.0 Å². The van der Waals surface area contributed by atoms with Crippen molar-refractivity contribution in [2.75, 3.05) is 39.3 Å². The van der Waals surface area contributed by atoms with Gasteiger partial charge in [-0.05, 0) is 0 Å². The fourth-order valence-corrected chi connectivity index (χ4v) is 2.94. The summed E-state index contributed by atoms with van der Waals surface area (Å²) >= 11 is 0. The average Bonchev–Trinajstić information content (AvgIpc) is 2.13. The van der Waals surface area contributed by atoms with Crippen LogP contribution in [0.4, 0.5) is 0 Å². The van der Waals surface area contributed by atoms with Crippen LogP contribution in [0.3, 0.4) is 0 Å². The number of nitrogens with zero attached hydrogens (tertiary/aromatic N) is 1. The van der Waals surface area contributed by atoms with Crippen LogP contribution in [0.2, 0.25) is 0 Å². The summed E-state index contributed by atoms with van der Waals surface area (Å²) in [5, 5.41) is 6.15.